The number of hydrogen-bond acceptors (Lipinski definition) is 5. The molecule has 3 aromatic carbocycles. The summed E-state index contributed by atoms with van der Waals surface area (Å²) in [6, 6.07) is 23.3. The van der Waals surface area contributed by atoms with E-state index in [9.17, 15) is 14.3 Å². The molecule has 6 nitrogen and oxygen atoms in total. The quantitative estimate of drug-likeness (QED) is 0.249. The number of nitrogens with one attached hydrogen (secondary N) is 1. The average Bonchev–Trinajstić information content (AvgIpc) is 3.27. The number of amides is 1. The second-order valence-corrected chi connectivity index (χ2v) is 10.3. The van der Waals surface area contributed by atoms with Crippen molar-refractivity contribution in [2.24, 2.45) is 5.92 Å². The van der Waals surface area contributed by atoms with Gasteiger partial charge in [-0.05, 0) is 47.2 Å². The molecule has 192 valence electrons. The second kappa shape index (κ2) is 12.5. The normalized spacial score (nSPS) is 12.0. The number of benzene rings is 3. The van der Waals surface area contributed by atoms with E-state index in [1.165, 1.54) is 17.8 Å². The van der Waals surface area contributed by atoms with E-state index < -0.39 is 5.92 Å². The van der Waals surface area contributed by atoms with Gasteiger partial charge in [0, 0.05) is 12.3 Å². The van der Waals surface area contributed by atoms with E-state index in [0.29, 0.717) is 41.2 Å². The zero-order valence-corrected chi connectivity index (χ0v) is 21.8. The predicted molar refractivity (Wildman–Crippen MR) is 144 cm³/mol. The molecule has 4 aromatic rings. The first-order valence-corrected chi connectivity index (χ1v) is 13.3. The number of phenols is 1. The lowest BCUT2D eigenvalue weighted by Crippen LogP contribution is -2.31. The number of halogens is 1. The van der Waals surface area contributed by atoms with Crippen LogP contribution in [0.25, 0.3) is 0 Å². The van der Waals surface area contributed by atoms with Crippen molar-refractivity contribution in [3.8, 4) is 5.75 Å². The monoisotopic (exact) mass is 518 g/mol. The lowest BCUT2D eigenvalue weighted by molar-refractivity contribution is -0.122. The van der Waals surface area contributed by atoms with Crippen LogP contribution in [0.2, 0.25) is 0 Å². The van der Waals surface area contributed by atoms with E-state index in [4.69, 9.17) is 0 Å². The van der Waals surface area contributed by atoms with Gasteiger partial charge in [0.25, 0.3) is 0 Å². The van der Waals surface area contributed by atoms with Gasteiger partial charge >= 0.3 is 0 Å². The maximum absolute atomic E-state index is 14.1. The van der Waals surface area contributed by atoms with Gasteiger partial charge in [-0.25, -0.2) is 4.39 Å². The summed E-state index contributed by atoms with van der Waals surface area (Å²) in [5.74, 6) is 0.883. The lowest BCUT2D eigenvalue weighted by Gasteiger charge is -2.18. The van der Waals surface area contributed by atoms with Gasteiger partial charge in [-0.2, -0.15) is 0 Å². The molecule has 4 rings (SSSR count). The smallest absolute Gasteiger partial charge is 0.228 e. The van der Waals surface area contributed by atoms with Crippen molar-refractivity contribution in [3.63, 3.8) is 0 Å². The van der Waals surface area contributed by atoms with Gasteiger partial charge in [0.05, 0.1) is 12.5 Å². The molecular formula is C29H31FN4O2S. The van der Waals surface area contributed by atoms with Crippen molar-refractivity contribution < 1.29 is 14.3 Å². The first kappa shape index (κ1) is 26.4. The first-order chi connectivity index (χ1) is 17.9. The Morgan fingerprint density at radius 1 is 1.00 bits per heavy atom. The van der Waals surface area contributed by atoms with Gasteiger partial charge in [0.15, 0.2) is 11.0 Å². The third-order valence-corrected chi connectivity index (χ3v) is 6.99. The van der Waals surface area contributed by atoms with Crippen molar-refractivity contribution in [2.45, 2.75) is 50.2 Å². The minimum atomic E-state index is -0.401. The van der Waals surface area contributed by atoms with Gasteiger partial charge in [0.2, 0.25) is 5.91 Å². The van der Waals surface area contributed by atoms with Crippen LogP contribution >= 0.6 is 11.8 Å². The molecule has 2 N–H and O–H groups in total. The van der Waals surface area contributed by atoms with E-state index in [2.05, 4.69) is 29.4 Å². The maximum atomic E-state index is 14.1. The SMILES string of the molecule is CC(C)Cn1c(CNC(=O)[C@@H](Cc2ccc(O)cc2)c2ccccc2)nnc1SCc1ccccc1F. The van der Waals surface area contributed by atoms with E-state index in [0.717, 1.165) is 11.1 Å². The van der Waals surface area contributed by atoms with Gasteiger partial charge in [0.1, 0.15) is 11.6 Å². The zero-order valence-electron chi connectivity index (χ0n) is 21.0. The van der Waals surface area contributed by atoms with Crippen molar-refractivity contribution >= 4 is 17.7 Å². The van der Waals surface area contributed by atoms with Crippen LogP contribution in [0, 0.1) is 11.7 Å². The Balaban J connectivity index is 1.49. The third-order valence-electron chi connectivity index (χ3n) is 5.97. The Kier molecular flexibility index (Phi) is 8.95. The van der Waals surface area contributed by atoms with Crippen molar-refractivity contribution in [1.82, 2.24) is 20.1 Å². The number of carbonyl (C=O) groups is 1. The van der Waals surface area contributed by atoms with Crippen LogP contribution in [0.4, 0.5) is 4.39 Å². The van der Waals surface area contributed by atoms with E-state index in [1.54, 1.807) is 24.3 Å². The number of nitrogens with zero attached hydrogens (tertiary/aromatic N) is 3. The zero-order chi connectivity index (χ0) is 26.2. The van der Waals surface area contributed by atoms with Gasteiger partial charge in [-0.3, -0.25) is 4.79 Å². The summed E-state index contributed by atoms with van der Waals surface area (Å²) >= 11 is 1.43. The number of hydrogen-bond donors (Lipinski definition) is 2. The molecular weight excluding hydrogens is 487 g/mol. The Hall–Kier alpha value is -3.65. The Morgan fingerprint density at radius 2 is 1.70 bits per heavy atom. The molecule has 0 aliphatic rings. The molecule has 1 amide bonds. The summed E-state index contributed by atoms with van der Waals surface area (Å²) in [6.07, 6.45) is 0.499. The van der Waals surface area contributed by atoms with Gasteiger partial charge in [-0.15, -0.1) is 10.2 Å². The van der Waals surface area contributed by atoms with Crippen molar-refractivity contribution in [1.29, 1.82) is 0 Å². The number of carbonyl (C=O) groups excluding carboxylic acids is 1. The van der Waals surface area contributed by atoms with Crippen molar-refractivity contribution in [2.75, 3.05) is 0 Å². The molecule has 0 fully saturated rings. The summed E-state index contributed by atoms with van der Waals surface area (Å²) in [5.41, 5.74) is 2.48. The highest BCUT2D eigenvalue weighted by Gasteiger charge is 2.22. The Morgan fingerprint density at radius 3 is 2.41 bits per heavy atom. The molecule has 0 radical (unpaired) electrons. The van der Waals surface area contributed by atoms with Crippen LogP contribution in [0.5, 0.6) is 5.75 Å². The van der Waals surface area contributed by atoms with Gasteiger partial charge in [-0.1, -0.05) is 86.3 Å². The number of phenolic OH excluding ortho intramolecular Hbond substituents is 1. The Labute approximate surface area is 221 Å². The fourth-order valence-corrected chi connectivity index (χ4v) is 5.02. The van der Waals surface area contributed by atoms with Crippen LogP contribution < -0.4 is 5.32 Å². The topological polar surface area (TPSA) is 80.0 Å². The minimum Gasteiger partial charge on any atom is -0.508 e. The Bertz CT molecular complexity index is 1310. The van der Waals surface area contributed by atoms with E-state index in [1.807, 2.05) is 53.1 Å². The van der Waals surface area contributed by atoms with Crippen molar-refractivity contribution in [3.05, 3.63) is 107 Å². The van der Waals surface area contributed by atoms with Crippen LogP contribution in [-0.4, -0.2) is 25.8 Å². The minimum absolute atomic E-state index is 0.112. The highest BCUT2D eigenvalue weighted by Crippen LogP contribution is 2.25. The molecule has 0 aliphatic heterocycles. The maximum Gasteiger partial charge on any atom is 0.228 e. The predicted octanol–water partition coefficient (Wildman–Crippen LogP) is 5.71. The molecule has 0 saturated carbocycles. The first-order valence-electron chi connectivity index (χ1n) is 12.3. The third kappa shape index (κ3) is 7.20. The highest BCUT2D eigenvalue weighted by molar-refractivity contribution is 7.98. The molecule has 0 spiro atoms. The fraction of sp³-hybridized carbons (Fsp3) is 0.276. The van der Waals surface area contributed by atoms with Crippen LogP contribution in [0.15, 0.2) is 84.0 Å². The molecule has 0 aliphatic carbocycles. The molecule has 8 heteroatoms. The highest BCUT2D eigenvalue weighted by atomic mass is 32.2. The summed E-state index contributed by atoms with van der Waals surface area (Å²) in [4.78, 5) is 13.4. The number of rotatable bonds is 11. The number of thioether (sulfide) groups is 1. The summed E-state index contributed by atoms with van der Waals surface area (Å²) in [5, 5.41) is 22.1. The fourth-order valence-electron chi connectivity index (χ4n) is 4.07. The second-order valence-electron chi connectivity index (χ2n) is 9.33. The molecule has 0 bridgehead atoms. The standard InChI is InChI=1S/C29H31FN4O2S/c1-20(2)18-34-27(32-33-29(34)37-19-23-10-6-7-11-26(23)30)17-31-28(36)25(22-8-4-3-5-9-22)16-21-12-14-24(35)15-13-21/h3-15,20,25,35H,16-19H2,1-2H3,(H,31,36)/t25-/m0/s1. The van der Waals surface area contributed by atoms with Crippen LogP contribution in [-0.2, 0) is 30.1 Å². The summed E-state index contributed by atoms with van der Waals surface area (Å²) < 4.78 is 16.1. The molecule has 1 atom stereocenters. The van der Waals surface area contributed by atoms with Gasteiger partial charge < -0.3 is 15.0 Å². The number of aromatic hydroxyl groups is 1. The lowest BCUT2D eigenvalue weighted by atomic mass is 9.91. The molecule has 1 aromatic heterocycles. The van der Waals surface area contributed by atoms with Crippen LogP contribution in [0.1, 0.15) is 42.3 Å². The largest absolute Gasteiger partial charge is 0.508 e. The summed E-state index contributed by atoms with van der Waals surface area (Å²) in [6.45, 7) is 5.14. The van der Waals surface area contributed by atoms with E-state index in [-0.39, 0.29) is 24.0 Å². The molecule has 1 heterocycles. The molecule has 0 saturated heterocycles. The van der Waals surface area contributed by atoms with E-state index >= 15 is 0 Å². The average molecular weight is 519 g/mol. The molecule has 37 heavy (non-hydrogen) atoms. The number of aromatic nitrogens is 3. The molecule has 0 unspecified atom stereocenters. The summed E-state index contributed by atoms with van der Waals surface area (Å²) in [7, 11) is 0. The van der Waals surface area contributed by atoms with Crippen LogP contribution in [0.3, 0.4) is 0 Å².